The van der Waals surface area contributed by atoms with E-state index in [0.717, 1.165) is 0 Å². The molecule has 0 aromatic rings. The summed E-state index contributed by atoms with van der Waals surface area (Å²) in [7, 11) is -1.69. The maximum atomic E-state index is 6.49. The first kappa shape index (κ1) is 19.3. The van der Waals surface area contributed by atoms with Crippen molar-refractivity contribution < 1.29 is 18.3 Å². The largest absolute Gasteiger partial charge is 0.412 e. The molecule has 0 amide bonds. The standard InChI is InChI=1S/C15H34O4Si2/c1-11-12(18-20(5,6)7)13(19-21(8,9)10)15(2,3)17-14(11)16-4/h11-14H,1-10H3. The third-order valence-electron chi connectivity index (χ3n) is 3.55. The van der Waals surface area contributed by atoms with Gasteiger partial charge in [-0.3, -0.25) is 0 Å². The van der Waals surface area contributed by atoms with Gasteiger partial charge in [0.25, 0.3) is 0 Å². The molecule has 1 aliphatic rings. The number of hydrogen-bond acceptors (Lipinski definition) is 4. The minimum absolute atomic E-state index is 0.0112. The van der Waals surface area contributed by atoms with Gasteiger partial charge < -0.3 is 18.3 Å². The molecule has 0 aromatic heterocycles. The molecule has 0 spiro atoms. The molecule has 0 saturated carbocycles. The Kier molecular flexibility index (Phi) is 5.90. The Balaban J connectivity index is 3.11. The van der Waals surface area contributed by atoms with E-state index in [-0.39, 0.29) is 24.4 Å². The molecule has 0 bridgehead atoms. The molecular weight excluding hydrogens is 300 g/mol. The first-order valence-electron chi connectivity index (χ1n) is 7.83. The lowest BCUT2D eigenvalue weighted by atomic mass is 9.85. The van der Waals surface area contributed by atoms with Crippen molar-refractivity contribution in [2.75, 3.05) is 7.11 Å². The third kappa shape index (κ3) is 5.44. The average molecular weight is 335 g/mol. The summed E-state index contributed by atoms with van der Waals surface area (Å²) in [6, 6.07) is 0. The van der Waals surface area contributed by atoms with Gasteiger partial charge in [0.15, 0.2) is 22.9 Å². The lowest BCUT2D eigenvalue weighted by Crippen LogP contribution is -2.64. The van der Waals surface area contributed by atoms with Gasteiger partial charge in [0.2, 0.25) is 0 Å². The topological polar surface area (TPSA) is 36.9 Å². The van der Waals surface area contributed by atoms with E-state index in [1.165, 1.54) is 0 Å². The molecule has 126 valence electrons. The fourth-order valence-electron chi connectivity index (χ4n) is 2.73. The molecule has 0 N–H and O–H groups in total. The highest BCUT2D eigenvalue weighted by Gasteiger charge is 2.51. The molecule has 21 heavy (non-hydrogen) atoms. The number of hydrogen-bond donors (Lipinski definition) is 0. The monoisotopic (exact) mass is 334 g/mol. The van der Waals surface area contributed by atoms with Crippen LogP contribution in [-0.2, 0) is 18.3 Å². The smallest absolute Gasteiger partial charge is 0.184 e. The minimum Gasteiger partial charge on any atom is -0.412 e. The maximum Gasteiger partial charge on any atom is 0.184 e. The summed E-state index contributed by atoms with van der Waals surface area (Å²) >= 11 is 0. The van der Waals surface area contributed by atoms with Crippen LogP contribution in [0.4, 0.5) is 0 Å². The zero-order valence-electron chi connectivity index (χ0n) is 15.4. The summed E-state index contributed by atoms with van der Waals surface area (Å²) in [5.74, 6) is 0.149. The molecule has 4 nitrogen and oxygen atoms in total. The first-order valence-corrected chi connectivity index (χ1v) is 14.6. The molecule has 4 unspecified atom stereocenters. The second-order valence-electron chi connectivity index (χ2n) is 8.53. The zero-order chi connectivity index (χ0) is 16.6. The fraction of sp³-hybridized carbons (Fsp3) is 1.00. The summed E-state index contributed by atoms with van der Waals surface area (Å²) in [4.78, 5) is 0. The van der Waals surface area contributed by atoms with Crippen molar-refractivity contribution in [2.24, 2.45) is 5.92 Å². The molecule has 1 saturated heterocycles. The van der Waals surface area contributed by atoms with Crippen LogP contribution in [0.1, 0.15) is 20.8 Å². The molecule has 1 heterocycles. The summed E-state index contributed by atoms with van der Waals surface area (Å²) in [6.07, 6.45) is -0.294. The van der Waals surface area contributed by atoms with Crippen LogP contribution in [0, 0.1) is 5.92 Å². The van der Waals surface area contributed by atoms with Crippen LogP contribution < -0.4 is 0 Å². The molecule has 0 aromatic carbocycles. The third-order valence-corrected chi connectivity index (χ3v) is 5.49. The normalized spacial score (nSPS) is 34.0. The summed E-state index contributed by atoms with van der Waals surface area (Å²) < 4.78 is 24.6. The summed E-state index contributed by atoms with van der Waals surface area (Å²) in [6.45, 7) is 19.6. The van der Waals surface area contributed by atoms with E-state index < -0.39 is 22.2 Å². The molecule has 1 fully saturated rings. The Morgan fingerprint density at radius 2 is 1.38 bits per heavy atom. The van der Waals surface area contributed by atoms with Crippen LogP contribution in [0.15, 0.2) is 0 Å². The second-order valence-corrected chi connectivity index (χ2v) is 17.5. The van der Waals surface area contributed by atoms with E-state index in [1.807, 2.05) is 0 Å². The number of rotatable bonds is 5. The average Bonchev–Trinajstić information content (AvgIpc) is 2.25. The molecule has 0 aliphatic carbocycles. The van der Waals surface area contributed by atoms with Gasteiger partial charge in [0.05, 0.1) is 17.8 Å². The van der Waals surface area contributed by atoms with Crippen LogP contribution in [0.3, 0.4) is 0 Å². The van der Waals surface area contributed by atoms with Crippen molar-refractivity contribution in [1.29, 1.82) is 0 Å². The van der Waals surface area contributed by atoms with Gasteiger partial charge in [-0.25, -0.2) is 0 Å². The SMILES string of the molecule is COC1OC(C)(C)C(O[Si](C)(C)C)C(O[Si](C)(C)C)C1C. The lowest BCUT2D eigenvalue weighted by Gasteiger charge is -2.52. The van der Waals surface area contributed by atoms with E-state index in [2.05, 4.69) is 60.1 Å². The van der Waals surface area contributed by atoms with Crippen molar-refractivity contribution in [2.45, 2.75) is 84.2 Å². The zero-order valence-corrected chi connectivity index (χ0v) is 17.4. The van der Waals surface area contributed by atoms with Crippen molar-refractivity contribution in [3.63, 3.8) is 0 Å². The van der Waals surface area contributed by atoms with Crippen molar-refractivity contribution in [3.8, 4) is 0 Å². The van der Waals surface area contributed by atoms with E-state index >= 15 is 0 Å². The van der Waals surface area contributed by atoms with Crippen LogP contribution in [0.5, 0.6) is 0 Å². The van der Waals surface area contributed by atoms with Gasteiger partial charge >= 0.3 is 0 Å². The molecule has 1 aliphatic heterocycles. The second kappa shape index (κ2) is 6.41. The lowest BCUT2D eigenvalue weighted by molar-refractivity contribution is -0.293. The molecular formula is C15H34O4Si2. The van der Waals surface area contributed by atoms with Gasteiger partial charge in [0.1, 0.15) is 0 Å². The van der Waals surface area contributed by atoms with E-state index in [0.29, 0.717) is 0 Å². The quantitative estimate of drug-likeness (QED) is 0.716. The Bertz CT molecular complexity index is 347. The van der Waals surface area contributed by atoms with E-state index in [1.54, 1.807) is 7.11 Å². The predicted molar refractivity (Wildman–Crippen MR) is 91.6 cm³/mol. The summed E-state index contributed by atoms with van der Waals surface area (Å²) in [5, 5.41) is 0. The molecule has 1 rings (SSSR count). The van der Waals surface area contributed by atoms with Gasteiger partial charge in [0, 0.05) is 13.0 Å². The Morgan fingerprint density at radius 3 is 1.76 bits per heavy atom. The van der Waals surface area contributed by atoms with Crippen LogP contribution in [0.25, 0.3) is 0 Å². The fourth-order valence-corrected chi connectivity index (χ4v) is 5.06. The molecule has 0 radical (unpaired) electrons. The van der Waals surface area contributed by atoms with Gasteiger partial charge in [-0.2, -0.15) is 0 Å². The Labute approximate surface area is 132 Å². The maximum absolute atomic E-state index is 6.49. The first-order chi connectivity index (χ1) is 9.27. The van der Waals surface area contributed by atoms with E-state index in [9.17, 15) is 0 Å². The minimum atomic E-state index is -1.70. The predicted octanol–water partition coefficient (Wildman–Crippen LogP) is 3.84. The molecule has 6 heteroatoms. The van der Waals surface area contributed by atoms with Gasteiger partial charge in [-0.1, -0.05) is 6.92 Å². The van der Waals surface area contributed by atoms with Crippen LogP contribution in [-0.4, -0.2) is 47.8 Å². The van der Waals surface area contributed by atoms with Crippen molar-refractivity contribution in [1.82, 2.24) is 0 Å². The van der Waals surface area contributed by atoms with Gasteiger partial charge in [-0.15, -0.1) is 0 Å². The molecule has 4 atom stereocenters. The van der Waals surface area contributed by atoms with Crippen LogP contribution in [0.2, 0.25) is 39.3 Å². The Morgan fingerprint density at radius 1 is 0.905 bits per heavy atom. The Hall–Kier alpha value is 0.274. The van der Waals surface area contributed by atoms with Gasteiger partial charge in [-0.05, 0) is 53.1 Å². The van der Waals surface area contributed by atoms with Crippen molar-refractivity contribution in [3.05, 3.63) is 0 Å². The highest BCUT2D eigenvalue weighted by atomic mass is 28.4. The number of methoxy groups -OCH3 is 1. The van der Waals surface area contributed by atoms with Crippen LogP contribution >= 0.6 is 0 Å². The van der Waals surface area contributed by atoms with E-state index in [4.69, 9.17) is 18.3 Å². The highest BCUT2D eigenvalue weighted by Crippen LogP contribution is 2.39. The number of ether oxygens (including phenoxy) is 2. The summed E-state index contributed by atoms with van der Waals surface area (Å²) in [5.41, 5.74) is -0.419. The van der Waals surface area contributed by atoms with Crippen molar-refractivity contribution >= 4 is 16.6 Å². The highest BCUT2D eigenvalue weighted by molar-refractivity contribution is 6.70.